The largest absolute Gasteiger partial charge is 0.493 e. The third kappa shape index (κ3) is 4.06. The van der Waals surface area contributed by atoms with E-state index in [0.717, 1.165) is 55.6 Å². The summed E-state index contributed by atoms with van der Waals surface area (Å²) in [6.45, 7) is 11.5. The molecule has 2 heterocycles. The number of rotatable bonds is 7. The summed E-state index contributed by atoms with van der Waals surface area (Å²) in [7, 11) is 3.31. The average molecular weight is 374 g/mol. The lowest BCUT2D eigenvalue weighted by Gasteiger charge is -2.38. The predicted molar refractivity (Wildman–Crippen MR) is 103 cm³/mol. The summed E-state index contributed by atoms with van der Waals surface area (Å²) in [5.41, 5.74) is 1.11. The van der Waals surface area contributed by atoms with Crippen LogP contribution in [0.15, 0.2) is 18.2 Å². The van der Waals surface area contributed by atoms with Crippen LogP contribution in [-0.4, -0.2) is 77.0 Å². The Bertz CT molecular complexity index is 740. The van der Waals surface area contributed by atoms with Crippen molar-refractivity contribution < 1.29 is 9.47 Å². The fourth-order valence-electron chi connectivity index (χ4n) is 3.63. The second kappa shape index (κ2) is 8.67. The lowest BCUT2D eigenvalue weighted by Crippen LogP contribution is -2.48. The zero-order valence-electron chi connectivity index (χ0n) is 16.9. The maximum atomic E-state index is 5.53. The number of piperazine rings is 1. The number of nitrogens with zero attached hydrogens (tertiary/aromatic N) is 6. The van der Waals surface area contributed by atoms with Gasteiger partial charge in [-0.2, -0.15) is 0 Å². The van der Waals surface area contributed by atoms with Crippen LogP contribution in [0, 0.1) is 0 Å². The standard InChI is InChI=1S/C19H30N6O2/c1-6-23-9-11-24(12-10-23)18(19-20-21-22-25(19)14(2)3)15-7-8-16(26-4)17(13-15)27-5/h7-8,13-14,18H,6,9-12H2,1-5H3. The van der Waals surface area contributed by atoms with Crippen LogP contribution in [0.5, 0.6) is 11.5 Å². The van der Waals surface area contributed by atoms with Crippen molar-refractivity contribution in [3.05, 3.63) is 29.6 Å². The van der Waals surface area contributed by atoms with Gasteiger partial charge in [-0.15, -0.1) is 5.10 Å². The lowest BCUT2D eigenvalue weighted by atomic mass is 10.0. The Kier molecular flexibility index (Phi) is 6.28. The monoisotopic (exact) mass is 374 g/mol. The number of methoxy groups -OCH3 is 2. The van der Waals surface area contributed by atoms with E-state index in [4.69, 9.17) is 9.47 Å². The maximum absolute atomic E-state index is 5.53. The third-order valence-corrected chi connectivity index (χ3v) is 5.19. The number of aromatic nitrogens is 4. The van der Waals surface area contributed by atoms with Gasteiger partial charge in [-0.3, -0.25) is 4.90 Å². The number of likely N-dealkylation sites (N-methyl/N-ethyl adjacent to an activating group) is 1. The number of ether oxygens (including phenoxy) is 2. The molecule has 1 aliphatic heterocycles. The first kappa shape index (κ1) is 19.6. The highest BCUT2D eigenvalue weighted by Gasteiger charge is 2.31. The summed E-state index contributed by atoms with van der Waals surface area (Å²) < 4.78 is 12.9. The van der Waals surface area contributed by atoms with Crippen LogP contribution in [0.3, 0.4) is 0 Å². The van der Waals surface area contributed by atoms with Gasteiger partial charge in [0.1, 0.15) is 0 Å². The van der Waals surface area contributed by atoms with Crippen LogP contribution < -0.4 is 9.47 Å². The average Bonchev–Trinajstić information content (AvgIpc) is 3.18. The van der Waals surface area contributed by atoms with Crippen LogP contribution in [0.25, 0.3) is 0 Å². The van der Waals surface area contributed by atoms with Gasteiger partial charge in [0.15, 0.2) is 17.3 Å². The van der Waals surface area contributed by atoms with Crippen molar-refractivity contribution in [2.24, 2.45) is 0 Å². The van der Waals surface area contributed by atoms with Crippen LogP contribution >= 0.6 is 0 Å². The highest BCUT2D eigenvalue weighted by atomic mass is 16.5. The Morgan fingerprint density at radius 3 is 2.33 bits per heavy atom. The van der Waals surface area contributed by atoms with E-state index < -0.39 is 0 Å². The van der Waals surface area contributed by atoms with Gasteiger partial charge in [0.05, 0.1) is 26.3 Å². The Morgan fingerprint density at radius 2 is 1.74 bits per heavy atom. The molecule has 1 saturated heterocycles. The van der Waals surface area contributed by atoms with Crippen molar-refractivity contribution in [1.29, 1.82) is 0 Å². The minimum atomic E-state index is -0.0267. The molecule has 8 nitrogen and oxygen atoms in total. The molecule has 0 saturated carbocycles. The van der Waals surface area contributed by atoms with Crippen molar-refractivity contribution in [2.75, 3.05) is 46.9 Å². The number of hydrogen-bond donors (Lipinski definition) is 0. The summed E-state index contributed by atoms with van der Waals surface area (Å²) in [5.74, 6) is 2.30. The molecular weight excluding hydrogens is 344 g/mol. The second-order valence-electron chi connectivity index (χ2n) is 7.06. The molecule has 0 amide bonds. The quantitative estimate of drug-likeness (QED) is 0.734. The van der Waals surface area contributed by atoms with E-state index in [2.05, 4.69) is 52.2 Å². The van der Waals surface area contributed by atoms with Gasteiger partial charge in [-0.25, -0.2) is 4.68 Å². The van der Waals surface area contributed by atoms with E-state index in [1.165, 1.54) is 0 Å². The predicted octanol–water partition coefficient (Wildman–Crippen LogP) is 2.00. The van der Waals surface area contributed by atoms with Gasteiger partial charge in [0.25, 0.3) is 0 Å². The molecule has 0 aliphatic carbocycles. The molecule has 1 aromatic heterocycles. The molecule has 3 rings (SSSR count). The minimum Gasteiger partial charge on any atom is -0.493 e. The van der Waals surface area contributed by atoms with Crippen molar-refractivity contribution >= 4 is 0 Å². The van der Waals surface area contributed by atoms with Crippen molar-refractivity contribution in [3.63, 3.8) is 0 Å². The number of tetrazole rings is 1. The Morgan fingerprint density at radius 1 is 1.04 bits per heavy atom. The molecule has 1 fully saturated rings. The van der Waals surface area contributed by atoms with Gasteiger partial charge in [-0.1, -0.05) is 13.0 Å². The van der Waals surface area contributed by atoms with Gasteiger partial charge in [-0.05, 0) is 48.5 Å². The smallest absolute Gasteiger partial charge is 0.173 e. The highest BCUT2D eigenvalue weighted by Crippen LogP contribution is 2.35. The first-order valence-corrected chi connectivity index (χ1v) is 9.55. The van der Waals surface area contributed by atoms with E-state index in [-0.39, 0.29) is 12.1 Å². The van der Waals surface area contributed by atoms with E-state index in [0.29, 0.717) is 0 Å². The Labute approximate surface area is 161 Å². The van der Waals surface area contributed by atoms with Gasteiger partial charge >= 0.3 is 0 Å². The molecule has 0 N–H and O–H groups in total. The molecule has 148 valence electrons. The van der Waals surface area contributed by atoms with E-state index in [1.807, 2.05) is 16.8 Å². The van der Waals surface area contributed by atoms with E-state index in [1.54, 1.807) is 14.2 Å². The van der Waals surface area contributed by atoms with Crippen LogP contribution in [-0.2, 0) is 0 Å². The summed E-state index contributed by atoms with van der Waals surface area (Å²) in [5, 5.41) is 12.6. The zero-order chi connectivity index (χ0) is 19.4. The molecule has 0 radical (unpaired) electrons. The first-order valence-electron chi connectivity index (χ1n) is 9.55. The van der Waals surface area contributed by atoms with Crippen LogP contribution in [0.2, 0.25) is 0 Å². The second-order valence-corrected chi connectivity index (χ2v) is 7.06. The summed E-state index contributed by atoms with van der Waals surface area (Å²) in [6.07, 6.45) is 0. The van der Waals surface area contributed by atoms with Crippen molar-refractivity contribution in [1.82, 2.24) is 30.0 Å². The molecule has 1 aliphatic rings. The molecule has 1 aromatic carbocycles. The molecule has 8 heteroatoms. The Hall–Kier alpha value is -2.19. The van der Waals surface area contributed by atoms with Gasteiger partial charge in [0, 0.05) is 26.2 Å². The fourth-order valence-corrected chi connectivity index (χ4v) is 3.63. The molecule has 0 spiro atoms. The summed E-state index contributed by atoms with van der Waals surface area (Å²) in [6, 6.07) is 6.23. The van der Waals surface area contributed by atoms with Crippen LogP contribution in [0.1, 0.15) is 44.2 Å². The maximum Gasteiger partial charge on any atom is 0.173 e. The summed E-state index contributed by atoms with van der Waals surface area (Å²) in [4.78, 5) is 4.92. The molecule has 1 atom stereocenters. The van der Waals surface area contributed by atoms with Gasteiger partial charge < -0.3 is 14.4 Å². The van der Waals surface area contributed by atoms with Crippen molar-refractivity contribution in [3.8, 4) is 11.5 Å². The SMILES string of the molecule is CCN1CCN(C(c2ccc(OC)c(OC)c2)c2nnnn2C(C)C)CC1. The fraction of sp³-hybridized carbons (Fsp3) is 0.632. The number of hydrogen-bond acceptors (Lipinski definition) is 7. The summed E-state index contributed by atoms with van der Waals surface area (Å²) >= 11 is 0. The minimum absolute atomic E-state index is 0.0267. The van der Waals surface area contributed by atoms with Crippen LogP contribution in [0.4, 0.5) is 0 Å². The molecule has 27 heavy (non-hydrogen) atoms. The molecular formula is C19H30N6O2. The highest BCUT2D eigenvalue weighted by molar-refractivity contribution is 5.45. The lowest BCUT2D eigenvalue weighted by molar-refractivity contribution is 0.108. The van der Waals surface area contributed by atoms with Gasteiger partial charge in [0.2, 0.25) is 0 Å². The topological polar surface area (TPSA) is 68.5 Å². The third-order valence-electron chi connectivity index (χ3n) is 5.19. The zero-order valence-corrected chi connectivity index (χ0v) is 16.9. The number of benzene rings is 1. The molecule has 0 bridgehead atoms. The van der Waals surface area contributed by atoms with Crippen molar-refractivity contribution in [2.45, 2.75) is 32.9 Å². The normalized spacial score (nSPS) is 17.3. The van der Waals surface area contributed by atoms with E-state index >= 15 is 0 Å². The van der Waals surface area contributed by atoms with E-state index in [9.17, 15) is 0 Å². The molecule has 2 aromatic rings. The Balaban J connectivity index is 2.01. The first-order chi connectivity index (χ1) is 13.1. The molecule has 1 unspecified atom stereocenters.